The monoisotopic (exact) mass is 617 g/mol. The summed E-state index contributed by atoms with van der Waals surface area (Å²) in [6.45, 7) is -1.09. The van der Waals surface area contributed by atoms with Gasteiger partial charge in [0.25, 0.3) is 5.56 Å². The summed E-state index contributed by atoms with van der Waals surface area (Å²) in [6.07, 6.45) is -0.0774. The van der Waals surface area contributed by atoms with Gasteiger partial charge < -0.3 is 19.6 Å². The summed E-state index contributed by atoms with van der Waals surface area (Å²) in [5, 5.41) is 12.3. The number of fused-ring (bicyclic) bond motifs is 1. The highest BCUT2D eigenvalue weighted by molar-refractivity contribution is 6.31. The van der Waals surface area contributed by atoms with E-state index in [1.807, 2.05) is 6.20 Å². The molecule has 2 aromatic carbocycles. The van der Waals surface area contributed by atoms with Gasteiger partial charge in [0.15, 0.2) is 6.61 Å². The highest BCUT2D eigenvalue weighted by Crippen LogP contribution is 2.38. The number of aromatic nitrogens is 3. The van der Waals surface area contributed by atoms with Crippen LogP contribution in [0, 0.1) is 0 Å². The van der Waals surface area contributed by atoms with E-state index in [0.29, 0.717) is 30.8 Å². The van der Waals surface area contributed by atoms with Crippen LogP contribution in [0.5, 0.6) is 11.5 Å². The van der Waals surface area contributed by atoms with Gasteiger partial charge in [-0.2, -0.15) is 18.3 Å². The van der Waals surface area contributed by atoms with Crippen molar-refractivity contribution in [2.24, 2.45) is 12.2 Å². The number of halogens is 4. The van der Waals surface area contributed by atoms with Crippen molar-refractivity contribution in [3.05, 3.63) is 70.2 Å². The number of hydrogen-bond donors (Lipinski definition) is 1. The molecule has 1 atom stereocenters. The average Bonchev–Trinajstić information content (AvgIpc) is 3.34. The number of alkyl halides is 3. The number of carbonyl (C=O) groups excluding carboxylic acids is 1. The molecule has 1 N–H and O–H groups in total. The first-order valence-corrected chi connectivity index (χ1v) is 13.6. The first-order valence-electron chi connectivity index (χ1n) is 13.2. The number of methoxy groups -OCH3 is 1. The van der Waals surface area contributed by atoms with Crippen LogP contribution in [0.4, 0.5) is 18.9 Å². The Morgan fingerprint density at radius 1 is 1.14 bits per heavy atom. The predicted octanol–water partition coefficient (Wildman–Crippen LogP) is 5.74. The Kier molecular flexibility index (Phi) is 8.62. The van der Waals surface area contributed by atoms with Gasteiger partial charge in [0.2, 0.25) is 5.91 Å². The Morgan fingerprint density at radius 2 is 1.93 bits per heavy atom. The summed E-state index contributed by atoms with van der Waals surface area (Å²) >= 11 is 6.15. The fourth-order valence-electron chi connectivity index (χ4n) is 4.80. The van der Waals surface area contributed by atoms with E-state index < -0.39 is 30.3 Å². The fraction of sp³-hybridized carbons (Fsp3) is 0.310. The van der Waals surface area contributed by atoms with Gasteiger partial charge in [0.05, 0.1) is 24.5 Å². The molecule has 1 aliphatic heterocycles. The van der Waals surface area contributed by atoms with E-state index in [4.69, 9.17) is 25.9 Å². The van der Waals surface area contributed by atoms with Gasteiger partial charge in [-0.05, 0) is 49.2 Å². The third-order valence-corrected chi connectivity index (χ3v) is 6.97. The van der Waals surface area contributed by atoms with Crippen LogP contribution in [0.15, 0.2) is 64.8 Å². The largest absolute Gasteiger partial charge is 0.495 e. The normalized spacial score (nSPS) is 14.1. The van der Waals surface area contributed by atoms with Gasteiger partial charge >= 0.3 is 6.18 Å². The number of hydrogen-bond acceptors (Lipinski definition) is 7. The van der Waals surface area contributed by atoms with Crippen molar-refractivity contribution in [3.8, 4) is 22.6 Å². The Labute approximate surface area is 248 Å². The van der Waals surface area contributed by atoms with Crippen molar-refractivity contribution in [2.45, 2.75) is 31.5 Å². The molecule has 5 rings (SSSR count). The zero-order valence-electron chi connectivity index (χ0n) is 23.2. The van der Waals surface area contributed by atoms with Crippen LogP contribution in [0.3, 0.4) is 0 Å². The van der Waals surface area contributed by atoms with Gasteiger partial charge in [0, 0.05) is 53.0 Å². The second kappa shape index (κ2) is 12.4. The van der Waals surface area contributed by atoms with Crippen molar-refractivity contribution in [3.63, 3.8) is 0 Å². The molecule has 0 spiro atoms. The molecule has 0 aliphatic carbocycles. The van der Waals surface area contributed by atoms with Crippen LogP contribution in [-0.2, 0) is 16.7 Å². The summed E-state index contributed by atoms with van der Waals surface area (Å²) in [5.74, 6) is -0.536. The van der Waals surface area contributed by atoms with Crippen LogP contribution in [-0.4, -0.2) is 52.5 Å². The van der Waals surface area contributed by atoms with Crippen LogP contribution < -0.4 is 20.3 Å². The lowest BCUT2D eigenvalue weighted by atomic mass is 10.0. The summed E-state index contributed by atoms with van der Waals surface area (Å²) in [6, 6.07) is 9.39. The van der Waals surface area contributed by atoms with Crippen molar-refractivity contribution < 1.29 is 32.3 Å². The molecule has 1 unspecified atom stereocenters. The Balaban J connectivity index is 1.54. The van der Waals surface area contributed by atoms with E-state index in [-0.39, 0.29) is 34.1 Å². The molecule has 2 aromatic heterocycles. The van der Waals surface area contributed by atoms with Crippen molar-refractivity contribution in [1.82, 2.24) is 14.3 Å². The molecule has 14 heteroatoms. The van der Waals surface area contributed by atoms with Crippen molar-refractivity contribution in [2.75, 3.05) is 25.6 Å². The summed E-state index contributed by atoms with van der Waals surface area (Å²) in [4.78, 5) is 32.6. The fourth-order valence-corrected chi connectivity index (χ4v) is 4.97. The number of amides is 1. The quantitative estimate of drug-likeness (QED) is 0.257. The third-order valence-electron chi connectivity index (χ3n) is 6.74. The Hall–Kier alpha value is -4.52. The highest BCUT2D eigenvalue weighted by atomic mass is 35.5. The molecule has 43 heavy (non-hydrogen) atoms. The second-order valence-corrected chi connectivity index (χ2v) is 10.4. The van der Waals surface area contributed by atoms with Gasteiger partial charge in [0.1, 0.15) is 24.1 Å². The number of carbonyl (C=O) groups is 1. The number of pyridine rings is 1. The molecule has 0 bridgehead atoms. The molecule has 226 valence electrons. The average molecular weight is 618 g/mol. The number of oxime groups is 1. The minimum absolute atomic E-state index is 0.0699. The lowest BCUT2D eigenvalue weighted by Crippen LogP contribution is -2.35. The molecule has 0 saturated carbocycles. The maximum Gasteiger partial charge on any atom is 0.422 e. The van der Waals surface area contributed by atoms with Crippen molar-refractivity contribution in [1.29, 1.82) is 0 Å². The van der Waals surface area contributed by atoms with E-state index in [2.05, 4.69) is 15.6 Å². The summed E-state index contributed by atoms with van der Waals surface area (Å²) in [7, 11) is 3.13. The number of ether oxygens (including phenoxy) is 2. The number of anilines is 1. The lowest BCUT2D eigenvalue weighted by Gasteiger charge is -2.23. The molecule has 0 radical (unpaired) electrons. The van der Waals surface area contributed by atoms with Gasteiger partial charge in [-0.25, -0.2) is 0 Å². The van der Waals surface area contributed by atoms with Gasteiger partial charge in [-0.3, -0.25) is 18.8 Å². The Bertz CT molecular complexity index is 1750. The van der Waals surface area contributed by atoms with E-state index >= 15 is 0 Å². The number of rotatable bonds is 9. The van der Waals surface area contributed by atoms with Crippen LogP contribution in [0.2, 0.25) is 5.02 Å². The second-order valence-electron chi connectivity index (χ2n) is 9.93. The van der Waals surface area contributed by atoms with Crippen LogP contribution >= 0.6 is 11.6 Å². The van der Waals surface area contributed by atoms with E-state index in [0.717, 1.165) is 10.9 Å². The highest BCUT2D eigenvalue weighted by Gasteiger charge is 2.30. The van der Waals surface area contributed by atoms with Gasteiger partial charge in [-0.1, -0.05) is 16.8 Å². The molecule has 0 fully saturated rings. The SMILES string of the molecule is COc1cn(C(CC2=NOCCC2)C(=O)Nc2ccc3nn(C)cc3c2)c(=O)cc1-c1cc(Cl)ccc1OCC(F)(F)F. The maximum atomic E-state index is 13.7. The molecule has 4 aromatic rings. The van der Waals surface area contributed by atoms with E-state index in [9.17, 15) is 22.8 Å². The zero-order chi connectivity index (χ0) is 30.7. The standard InChI is InChI=1S/C29H27ClF3N5O5/c1-37-14-17-10-19(6-7-23(17)35-37)34-28(40)24(12-20-4-3-9-43-36-20)38-15-26(41-2)22(13-27(38)39)21-11-18(30)5-8-25(21)42-16-29(31,32)33/h5-8,10-11,13-15,24H,3-4,9,12,16H2,1-2H3,(H,34,40). The number of nitrogens with one attached hydrogen (secondary N) is 1. The molecule has 10 nitrogen and oxygen atoms in total. The molecule has 0 saturated heterocycles. The lowest BCUT2D eigenvalue weighted by molar-refractivity contribution is -0.153. The molecular formula is C29H27ClF3N5O5. The third kappa shape index (κ3) is 7.11. The Morgan fingerprint density at radius 3 is 2.65 bits per heavy atom. The first-order chi connectivity index (χ1) is 20.5. The molecule has 1 amide bonds. The minimum Gasteiger partial charge on any atom is -0.495 e. The molecular weight excluding hydrogens is 591 g/mol. The maximum absolute atomic E-state index is 13.7. The number of nitrogens with zero attached hydrogens (tertiary/aromatic N) is 4. The minimum atomic E-state index is -4.59. The molecule has 1 aliphatic rings. The van der Waals surface area contributed by atoms with E-state index in [1.54, 1.807) is 29.9 Å². The number of aryl methyl sites for hydroxylation is 1. The molecule has 3 heterocycles. The number of benzene rings is 2. The van der Waals surface area contributed by atoms with Gasteiger partial charge in [-0.15, -0.1) is 0 Å². The smallest absolute Gasteiger partial charge is 0.422 e. The van der Waals surface area contributed by atoms with Crippen LogP contribution in [0.25, 0.3) is 22.0 Å². The summed E-state index contributed by atoms with van der Waals surface area (Å²) < 4.78 is 52.2. The zero-order valence-corrected chi connectivity index (χ0v) is 23.9. The first kappa shape index (κ1) is 30.0. The topological polar surface area (TPSA) is 109 Å². The van der Waals surface area contributed by atoms with Crippen molar-refractivity contribution >= 4 is 39.8 Å². The van der Waals surface area contributed by atoms with Crippen LogP contribution in [0.1, 0.15) is 25.3 Å². The summed E-state index contributed by atoms with van der Waals surface area (Å²) in [5.41, 5.74) is 1.50. The van der Waals surface area contributed by atoms with E-state index in [1.165, 1.54) is 42.1 Å². The predicted molar refractivity (Wildman–Crippen MR) is 155 cm³/mol.